The third kappa shape index (κ3) is 4.18. The minimum absolute atomic E-state index is 0.0655. The monoisotopic (exact) mass is 362 g/mol. The van der Waals surface area contributed by atoms with Crippen LogP contribution in [0.3, 0.4) is 0 Å². The second-order valence-corrected chi connectivity index (χ2v) is 5.80. The smallest absolute Gasteiger partial charge is 0.343 e. The molecule has 5 heteroatoms. The van der Waals surface area contributed by atoms with Gasteiger partial charge in [-0.3, -0.25) is 4.79 Å². The molecule has 0 radical (unpaired) electrons. The van der Waals surface area contributed by atoms with E-state index in [1.165, 1.54) is 0 Å². The van der Waals surface area contributed by atoms with E-state index in [4.69, 9.17) is 9.47 Å². The molecule has 0 N–H and O–H groups in total. The lowest BCUT2D eigenvalue weighted by Crippen LogP contribution is -2.10. The molecule has 22 heavy (non-hydrogen) atoms. The van der Waals surface area contributed by atoms with Gasteiger partial charge in [0.1, 0.15) is 11.5 Å². The summed E-state index contributed by atoms with van der Waals surface area (Å²) in [4.78, 5) is 23.1. The molecule has 0 bridgehead atoms. The van der Waals surface area contributed by atoms with Gasteiger partial charge >= 0.3 is 5.97 Å². The molecule has 0 aliphatic heterocycles. The molecule has 0 saturated carbocycles. The second kappa shape index (κ2) is 7.22. The standard InChI is InChI=1S/C17H15BrO4/c1-11(2)21-15-6-3-12(4-7-15)17(20)22-16-8-5-14(18)9-13(16)10-19/h3-11H,1-2H3. The fourth-order valence-electron chi connectivity index (χ4n) is 1.80. The van der Waals surface area contributed by atoms with Gasteiger partial charge in [0.2, 0.25) is 0 Å². The molecule has 4 nitrogen and oxygen atoms in total. The number of hydrogen-bond donors (Lipinski definition) is 0. The molecule has 2 aromatic rings. The van der Waals surface area contributed by atoms with Crippen LogP contribution in [0.2, 0.25) is 0 Å². The maximum Gasteiger partial charge on any atom is 0.343 e. The van der Waals surface area contributed by atoms with Crippen LogP contribution < -0.4 is 9.47 Å². The molecule has 0 atom stereocenters. The van der Waals surface area contributed by atoms with E-state index in [1.54, 1.807) is 42.5 Å². The number of carbonyl (C=O) groups is 2. The number of benzene rings is 2. The first kappa shape index (κ1) is 16.2. The third-order valence-electron chi connectivity index (χ3n) is 2.76. The molecule has 114 valence electrons. The van der Waals surface area contributed by atoms with Crippen LogP contribution in [-0.2, 0) is 0 Å². The van der Waals surface area contributed by atoms with Gasteiger partial charge in [0.15, 0.2) is 6.29 Å². The molecule has 2 rings (SSSR count). The molecule has 0 spiro atoms. The van der Waals surface area contributed by atoms with Gasteiger partial charge in [0.25, 0.3) is 0 Å². The lowest BCUT2D eigenvalue weighted by atomic mass is 10.2. The topological polar surface area (TPSA) is 52.6 Å². The molecule has 0 unspecified atom stereocenters. The van der Waals surface area contributed by atoms with E-state index in [9.17, 15) is 9.59 Å². The van der Waals surface area contributed by atoms with Crippen LogP contribution in [0.25, 0.3) is 0 Å². The van der Waals surface area contributed by atoms with E-state index < -0.39 is 5.97 Å². The Morgan fingerprint density at radius 2 is 1.82 bits per heavy atom. The number of rotatable bonds is 5. The van der Waals surface area contributed by atoms with Crippen molar-refractivity contribution in [3.63, 3.8) is 0 Å². The Hall–Kier alpha value is -2.14. The lowest BCUT2D eigenvalue weighted by molar-refractivity contribution is 0.0733. The van der Waals surface area contributed by atoms with Crippen molar-refractivity contribution >= 4 is 28.2 Å². The molecule has 0 saturated heterocycles. The van der Waals surface area contributed by atoms with Gasteiger partial charge in [-0.05, 0) is 56.3 Å². The molecule has 0 aliphatic carbocycles. The normalized spacial score (nSPS) is 10.4. The van der Waals surface area contributed by atoms with Gasteiger partial charge in [0, 0.05) is 4.47 Å². The summed E-state index contributed by atoms with van der Waals surface area (Å²) >= 11 is 3.26. The zero-order valence-electron chi connectivity index (χ0n) is 12.2. The highest BCUT2D eigenvalue weighted by molar-refractivity contribution is 9.10. The maximum atomic E-state index is 12.1. The van der Waals surface area contributed by atoms with Crippen molar-refractivity contribution in [1.82, 2.24) is 0 Å². The van der Waals surface area contributed by atoms with Crippen molar-refractivity contribution in [2.24, 2.45) is 0 Å². The highest BCUT2D eigenvalue weighted by atomic mass is 79.9. The molecule has 0 aromatic heterocycles. The predicted octanol–water partition coefficient (Wildman–Crippen LogP) is 4.27. The molecule has 0 heterocycles. The zero-order valence-corrected chi connectivity index (χ0v) is 13.8. The summed E-state index contributed by atoms with van der Waals surface area (Å²) in [7, 11) is 0. The first-order valence-electron chi connectivity index (χ1n) is 6.73. The minimum atomic E-state index is -0.526. The highest BCUT2D eigenvalue weighted by Crippen LogP contribution is 2.23. The van der Waals surface area contributed by atoms with E-state index in [0.717, 1.165) is 4.47 Å². The number of ether oxygens (including phenoxy) is 2. The molecule has 0 aliphatic rings. The van der Waals surface area contributed by atoms with Gasteiger partial charge in [-0.25, -0.2) is 4.79 Å². The SMILES string of the molecule is CC(C)Oc1ccc(C(=O)Oc2ccc(Br)cc2C=O)cc1. The Bertz CT molecular complexity index is 678. The predicted molar refractivity (Wildman–Crippen MR) is 86.7 cm³/mol. The van der Waals surface area contributed by atoms with E-state index in [-0.39, 0.29) is 11.9 Å². The quantitative estimate of drug-likeness (QED) is 0.452. The Morgan fingerprint density at radius 1 is 1.14 bits per heavy atom. The number of halogens is 1. The van der Waals surface area contributed by atoms with Crippen molar-refractivity contribution in [3.05, 3.63) is 58.1 Å². The first-order chi connectivity index (χ1) is 10.5. The van der Waals surface area contributed by atoms with Crippen LogP contribution in [-0.4, -0.2) is 18.4 Å². The van der Waals surface area contributed by atoms with Gasteiger partial charge in [0.05, 0.1) is 17.2 Å². The molecule has 2 aromatic carbocycles. The largest absolute Gasteiger partial charge is 0.491 e. The van der Waals surface area contributed by atoms with Crippen LogP contribution >= 0.6 is 15.9 Å². The number of carbonyl (C=O) groups excluding carboxylic acids is 2. The van der Waals surface area contributed by atoms with Gasteiger partial charge < -0.3 is 9.47 Å². The van der Waals surface area contributed by atoms with Crippen molar-refractivity contribution in [3.8, 4) is 11.5 Å². The summed E-state index contributed by atoms with van der Waals surface area (Å²) in [5, 5.41) is 0. The summed E-state index contributed by atoms with van der Waals surface area (Å²) in [5.41, 5.74) is 0.693. The zero-order chi connectivity index (χ0) is 16.1. The fourth-order valence-corrected chi connectivity index (χ4v) is 2.18. The highest BCUT2D eigenvalue weighted by Gasteiger charge is 2.12. The minimum Gasteiger partial charge on any atom is -0.491 e. The summed E-state index contributed by atoms with van der Waals surface area (Å²) in [6, 6.07) is 11.5. The van der Waals surface area contributed by atoms with E-state index in [0.29, 0.717) is 23.2 Å². The second-order valence-electron chi connectivity index (χ2n) is 4.88. The fraction of sp³-hybridized carbons (Fsp3) is 0.176. The number of hydrogen-bond acceptors (Lipinski definition) is 4. The van der Waals surface area contributed by atoms with Crippen molar-refractivity contribution in [1.29, 1.82) is 0 Å². The van der Waals surface area contributed by atoms with Gasteiger partial charge in [-0.15, -0.1) is 0 Å². The van der Waals surface area contributed by atoms with E-state index in [2.05, 4.69) is 15.9 Å². The third-order valence-corrected chi connectivity index (χ3v) is 3.26. The molecule has 0 fully saturated rings. The van der Waals surface area contributed by atoms with Crippen molar-refractivity contribution in [2.45, 2.75) is 20.0 Å². The van der Waals surface area contributed by atoms with Crippen LogP contribution in [0.4, 0.5) is 0 Å². The van der Waals surface area contributed by atoms with Gasteiger partial charge in [-0.1, -0.05) is 15.9 Å². The molecular formula is C17H15BrO4. The first-order valence-corrected chi connectivity index (χ1v) is 7.52. The van der Waals surface area contributed by atoms with Gasteiger partial charge in [-0.2, -0.15) is 0 Å². The summed E-state index contributed by atoms with van der Waals surface area (Å²) in [6.07, 6.45) is 0.711. The summed E-state index contributed by atoms with van der Waals surface area (Å²) in [6.45, 7) is 3.85. The number of aldehydes is 1. The van der Waals surface area contributed by atoms with Crippen molar-refractivity contribution < 1.29 is 19.1 Å². The Labute approximate surface area is 137 Å². The molecule has 0 amide bonds. The molecular weight excluding hydrogens is 348 g/mol. The Kier molecular flexibility index (Phi) is 5.33. The van der Waals surface area contributed by atoms with Crippen molar-refractivity contribution in [2.75, 3.05) is 0 Å². The number of esters is 1. The van der Waals surface area contributed by atoms with E-state index in [1.807, 2.05) is 13.8 Å². The van der Waals surface area contributed by atoms with Crippen LogP contribution in [0.15, 0.2) is 46.9 Å². The average molecular weight is 363 g/mol. The Balaban J connectivity index is 2.14. The van der Waals surface area contributed by atoms with Crippen LogP contribution in [0.1, 0.15) is 34.6 Å². The van der Waals surface area contributed by atoms with Crippen LogP contribution in [0, 0.1) is 0 Å². The summed E-state index contributed by atoms with van der Waals surface area (Å²) < 4.78 is 11.5. The average Bonchev–Trinajstić information content (AvgIpc) is 2.49. The van der Waals surface area contributed by atoms with E-state index >= 15 is 0 Å². The lowest BCUT2D eigenvalue weighted by Gasteiger charge is -2.10. The van der Waals surface area contributed by atoms with Crippen LogP contribution in [0.5, 0.6) is 11.5 Å². The Morgan fingerprint density at radius 3 is 2.41 bits per heavy atom. The maximum absolute atomic E-state index is 12.1. The summed E-state index contributed by atoms with van der Waals surface area (Å²) in [5.74, 6) is 0.385.